The van der Waals surface area contributed by atoms with Gasteiger partial charge in [0.2, 0.25) is 5.13 Å². The average molecular weight is 419 g/mol. The third kappa shape index (κ3) is 4.31. The summed E-state index contributed by atoms with van der Waals surface area (Å²) in [6.07, 6.45) is 0. The molecule has 1 aromatic carbocycles. The zero-order valence-corrected chi connectivity index (χ0v) is 17.4. The number of carbonyl (C=O) groups excluding carboxylic acids is 2. The molecule has 2 heterocycles. The molecule has 1 unspecified atom stereocenters. The van der Waals surface area contributed by atoms with E-state index in [1.54, 1.807) is 32.9 Å². The molecular formula is C19H19FN4O2S2. The number of Topliss-reactive ketones (excluding diaryl/α,β-unsaturated/α-hetero) is 2. The van der Waals surface area contributed by atoms with Crippen molar-refractivity contribution in [1.29, 1.82) is 0 Å². The highest BCUT2D eigenvalue weighted by Crippen LogP contribution is 2.32. The molecule has 6 nitrogen and oxygen atoms in total. The molecule has 1 atom stereocenters. The summed E-state index contributed by atoms with van der Waals surface area (Å²) in [5.74, 6) is -0.471. The van der Waals surface area contributed by atoms with E-state index in [9.17, 15) is 14.0 Å². The minimum absolute atomic E-state index is 0.0637. The van der Waals surface area contributed by atoms with Gasteiger partial charge in [0.05, 0.1) is 10.9 Å². The molecule has 0 bridgehead atoms. The van der Waals surface area contributed by atoms with Gasteiger partial charge in [0, 0.05) is 16.9 Å². The summed E-state index contributed by atoms with van der Waals surface area (Å²) in [5, 5.41) is 11.4. The molecule has 28 heavy (non-hydrogen) atoms. The van der Waals surface area contributed by atoms with Crippen molar-refractivity contribution < 1.29 is 14.0 Å². The van der Waals surface area contributed by atoms with Crippen LogP contribution in [0.3, 0.4) is 0 Å². The molecule has 0 saturated heterocycles. The molecule has 0 amide bonds. The number of aromatic amines is 1. The minimum Gasteiger partial charge on any atom is -0.355 e. The first kappa shape index (κ1) is 20.2. The molecular weight excluding hydrogens is 399 g/mol. The van der Waals surface area contributed by atoms with Crippen molar-refractivity contribution in [2.24, 2.45) is 0 Å². The van der Waals surface area contributed by atoms with E-state index < -0.39 is 5.25 Å². The first-order chi connectivity index (χ1) is 13.3. The van der Waals surface area contributed by atoms with Crippen molar-refractivity contribution in [3.05, 3.63) is 52.6 Å². The van der Waals surface area contributed by atoms with Crippen LogP contribution in [0.25, 0.3) is 0 Å². The molecule has 0 spiro atoms. The number of hydrogen-bond acceptors (Lipinski definition) is 7. The van der Waals surface area contributed by atoms with Gasteiger partial charge >= 0.3 is 0 Å². The average Bonchev–Trinajstić information content (AvgIpc) is 3.19. The summed E-state index contributed by atoms with van der Waals surface area (Å²) in [5.41, 5.74) is 3.11. The van der Waals surface area contributed by atoms with Crippen LogP contribution in [0.4, 0.5) is 15.2 Å². The van der Waals surface area contributed by atoms with E-state index in [2.05, 4.69) is 20.5 Å². The van der Waals surface area contributed by atoms with Gasteiger partial charge < -0.3 is 10.3 Å². The molecule has 0 aliphatic carbocycles. The van der Waals surface area contributed by atoms with Crippen LogP contribution in [0.2, 0.25) is 0 Å². The highest BCUT2D eigenvalue weighted by molar-refractivity contribution is 8.02. The first-order valence-corrected chi connectivity index (χ1v) is 10.2. The molecule has 2 N–H and O–H groups in total. The van der Waals surface area contributed by atoms with Crippen LogP contribution in [0.5, 0.6) is 0 Å². The Kier molecular flexibility index (Phi) is 5.95. The van der Waals surface area contributed by atoms with Crippen LogP contribution in [0, 0.1) is 19.7 Å². The Morgan fingerprint density at radius 1 is 1.21 bits per heavy atom. The number of carbonyl (C=O) groups is 2. The normalized spacial score (nSPS) is 12.0. The Morgan fingerprint density at radius 3 is 2.50 bits per heavy atom. The summed E-state index contributed by atoms with van der Waals surface area (Å²) >= 11 is 2.61. The molecule has 9 heteroatoms. The summed E-state index contributed by atoms with van der Waals surface area (Å²) in [6.45, 7) is 6.86. The highest BCUT2D eigenvalue weighted by Gasteiger charge is 2.25. The van der Waals surface area contributed by atoms with E-state index in [1.165, 1.54) is 42.2 Å². The number of benzene rings is 1. The van der Waals surface area contributed by atoms with E-state index in [1.807, 2.05) is 0 Å². The van der Waals surface area contributed by atoms with Gasteiger partial charge in [0.25, 0.3) is 0 Å². The van der Waals surface area contributed by atoms with E-state index in [4.69, 9.17) is 0 Å². The topological polar surface area (TPSA) is 87.7 Å². The van der Waals surface area contributed by atoms with E-state index >= 15 is 0 Å². The van der Waals surface area contributed by atoms with Gasteiger partial charge in [-0.3, -0.25) is 9.59 Å². The van der Waals surface area contributed by atoms with Gasteiger partial charge in [0.1, 0.15) is 5.82 Å². The van der Waals surface area contributed by atoms with Crippen LogP contribution in [-0.4, -0.2) is 32.0 Å². The number of aryl methyl sites for hydroxylation is 1. The molecule has 0 radical (unpaired) electrons. The molecule has 0 aliphatic heterocycles. The predicted molar refractivity (Wildman–Crippen MR) is 110 cm³/mol. The minimum atomic E-state index is -0.400. The van der Waals surface area contributed by atoms with Crippen LogP contribution in [0.1, 0.15) is 46.0 Å². The third-order valence-corrected chi connectivity index (χ3v) is 6.21. The summed E-state index contributed by atoms with van der Waals surface area (Å²) in [7, 11) is 0. The zero-order chi connectivity index (χ0) is 20.4. The first-order valence-electron chi connectivity index (χ1n) is 8.53. The van der Waals surface area contributed by atoms with Crippen molar-refractivity contribution in [1.82, 2.24) is 15.2 Å². The second-order valence-corrected chi connectivity index (χ2v) is 8.88. The van der Waals surface area contributed by atoms with Gasteiger partial charge in [-0.25, -0.2) is 4.39 Å². The summed E-state index contributed by atoms with van der Waals surface area (Å²) in [4.78, 5) is 27.6. The van der Waals surface area contributed by atoms with Crippen molar-refractivity contribution >= 4 is 45.5 Å². The fraction of sp³-hybridized carbons (Fsp3) is 0.263. The third-order valence-electron chi connectivity index (χ3n) is 4.18. The van der Waals surface area contributed by atoms with Crippen LogP contribution < -0.4 is 5.32 Å². The maximum atomic E-state index is 13.0. The number of hydrogen-bond donors (Lipinski definition) is 2. The van der Waals surface area contributed by atoms with Gasteiger partial charge in [-0.1, -0.05) is 23.1 Å². The van der Waals surface area contributed by atoms with Crippen LogP contribution >= 0.6 is 23.1 Å². The fourth-order valence-electron chi connectivity index (χ4n) is 2.90. The number of ketones is 2. The molecule has 0 saturated carbocycles. The maximum absolute atomic E-state index is 13.0. The molecule has 146 valence electrons. The van der Waals surface area contributed by atoms with Crippen LogP contribution in [0.15, 0.2) is 28.6 Å². The number of H-pyrrole nitrogens is 1. The van der Waals surface area contributed by atoms with Crippen molar-refractivity contribution in [2.45, 2.75) is 37.3 Å². The standard InChI is InChI=1S/C19H19FN4O2S2/c1-9-15(11(3)25)10(2)21-16(9)17(26)12(4)27-19-24-23-18(28-19)22-14-7-5-13(20)6-8-14/h5-8,12,21H,1-4H3,(H,22,23). The molecule has 3 rings (SSSR count). The van der Waals surface area contributed by atoms with Gasteiger partial charge in [-0.2, -0.15) is 0 Å². The monoisotopic (exact) mass is 418 g/mol. The Morgan fingerprint density at radius 2 is 1.89 bits per heavy atom. The lowest BCUT2D eigenvalue weighted by Crippen LogP contribution is -2.15. The lowest BCUT2D eigenvalue weighted by Gasteiger charge is -2.07. The van der Waals surface area contributed by atoms with Crippen molar-refractivity contribution in [3.63, 3.8) is 0 Å². The van der Waals surface area contributed by atoms with Crippen LogP contribution in [-0.2, 0) is 0 Å². The largest absolute Gasteiger partial charge is 0.355 e. The maximum Gasteiger partial charge on any atom is 0.210 e. The van der Waals surface area contributed by atoms with Crippen molar-refractivity contribution in [3.8, 4) is 0 Å². The molecule has 0 fully saturated rings. The Bertz CT molecular complexity index is 1030. The Hall–Kier alpha value is -2.52. The lowest BCUT2D eigenvalue weighted by molar-refractivity contribution is 0.0988. The Balaban J connectivity index is 1.70. The molecule has 0 aliphatic rings. The van der Waals surface area contributed by atoms with E-state index in [0.29, 0.717) is 37.7 Å². The number of rotatable bonds is 7. The molecule has 2 aromatic heterocycles. The van der Waals surface area contributed by atoms with E-state index in [0.717, 1.165) is 0 Å². The summed E-state index contributed by atoms with van der Waals surface area (Å²) < 4.78 is 13.6. The summed E-state index contributed by atoms with van der Waals surface area (Å²) in [6, 6.07) is 5.93. The Labute approximate surface area is 170 Å². The van der Waals surface area contributed by atoms with Crippen molar-refractivity contribution in [2.75, 3.05) is 5.32 Å². The smallest absolute Gasteiger partial charge is 0.210 e. The quantitative estimate of drug-likeness (QED) is 0.418. The highest BCUT2D eigenvalue weighted by atomic mass is 32.2. The zero-order valence-electron chi connectivity index (χ0n) is 15.8. The number of anilines is 2. The predicted octanol–water partition coefficient (Wildman–Crippen LogP) is 4.93. The number of halogens is 1. The van der Waals surface area contributed by atoms with E-state index in [-0.39, 0.29) is 17.4 Å². The number of thioether (sulfide) groups is 1. The number of nitrogens with one attached hydrogen (secondary N) is 2. The lowest BCUT2D eigenvalue weighted by atomic mass is 10.0. The van der Waals surface area contributed by atoms with Gasteiger partial charge in [-0.05, 0) is 57.5 Å². The fourth-order valence-corrected chi connectivity index (χ4v) is 4.87. The molecule has 3 aromatic rings. The second-order valence-electron chi connectivity index (χ2n) is 6.31. The second kappa shape index (κ2) is 8.24. The van der Waals surface area contributed by atoms with Gasteiger partial charge in [0.15, 0.2) is 15.9 Å². The number of nitrogens with zero attached hydrogens (tertiary/aromatic N) is 2. The van der Waals surface area contributed by atoms with Gasteiger partial charge in [-0.15, -0.1) is 10.2 Å². The SMILES string of the molecule is CC(=O)c1c(C)[nH]c(C(=O)C(C)Sc2nnc(Nc3ccc(F)cc3)s2)c1C. The number of aromatic nitrogens is 3.